The smallest absolute Gasteiger partial charge is 0.254 e. The highest BCUT2D eigenvalue weighted by Gasteiger charge is 2.39. The third-order valence-electron chi connectivity index (χ3n) is 5.84. The first-order chi connectivity index (χ1) is 13.2. The Morgan fingerprint density at radius 3 is 2.74 bits per heavy atom. The molecule has 0 amide bonds. The fourth-order valence-corrected chi connectivity index (χ4v) is 4.33. The molecule has 1 aromatic carbocycles. The van der Waals surface area contributed by atoms with Gasteiger partial charge in [0.05, 0.1) is 11.3 Å². The lowest BCUT2D eigenvalue weighted by molar-refractivity contribution is -0.0977. The van der Waals surface area contributed by atoms with Gasteiger partial charge in [0.25, 0.3) is 5.78 Å². The summed E-state index contributed by atoms with van der Waals surface area (Å²) in [6, 6.07) is 12.6. The number of anilines is 1. The Bertz CT molecular complexity index is 932. The molecule has 2 aliphatic rings. The van der Waals surface area contributed by atoms with Gasteiger partial charge in [0, 0.05) is 37.4 Å². The number of rotatable bonds is 2. The molecule has 0 bridgehead atoms. The van der Waals surface area contributed by atoms with E-state index in [1.54, 1.807) is 10.8 Å². The molecule has 5 rings (SSSR count). The Balaban J connectivity index is 1.44. The van der Waals surface area contributed by atoms with Crippen LogP contribution in [-0.4, -0.2) is 50.9 Å². The molecule has 3 aromatic rings. The minimum Gasteiger partial charge on any atom is -0.375 e. The van der Waals surface area contributed by atoms with E-state index >= 15 is 0 Å². The van der Waals surface area contributed by atoms with Crippen LogP contribution in [0.3, 0.4) is 0 Å². The van der Waals surface area contributed by atoms with Crippen LogP contribution in [0.25, 0.3) is 17.0 Å². The van der Waals surface area contributed by atoms with Crippen LogP contribution in [0.4, 0.5) is 5.82 Å². The summed E-state index contributed by atoms with van der Waals surface area (Å²) in [4.78, 5) is 11.4. The summed E-state index contributed by atoms with van der Waals surface area (Å²) in [5.41, 5.74) is 8.26. The molecule has 7 nitrogen and oxygen atoms in total. The number of hydrogen-bond acceptors (Lipinski definition) is 6. The maximum atomic E-state index is 6.20. The van der Waals surface area contributed by atoms with Crippen LogP contribution >= 0.6 is 0 Å². The van der Waals surface area contributed by atoms with Gasteiger partial charge in [-0.05, 0) is 25.7 Å². The fourth-order valence-electron chi connectivity index (χ4n) is 4.33. The van der Waals surface area contributed by atoms with Gasteiger partial charge < -0.3 is 15.4 Å². The van der Waals surface area contributed by atoms with Crippen molar-refractivity contribution in [2.45, 2.75) is 37.3 Å². The summed E-state index contributed by atoms with van der Waals surface area (Å²) < 4.78 is 7.96. The third kappa shape index (κ3) is 3.07. The Hall–Kier alpha value is -2.51. The molecule has 0 saturated carbocycles. The molecule has 7 heteroatoms. The van der Waals surface area contributed by atoms with E-state index in [-0.39, 0.29) is 11.6 Å². The second kappa shape index (κ2) is 6.58. The number of piperidine rings is 1. The van der Waals surface area contributed by atoms with Gasteiger partial charge in [-0.15, -0.1) is 0 Å². The SMILES string of the molecule is NC1CCOC2(CCN(c3cc(-c4ccccc4)n4ncnc4n3)CC2)C1. The standard InChI is InChI=1S/C20H24N6O/c21-16-6-11-27-20(13-16)7-9-25(10-8-20)18-12-17(15-4-2-1-3-5-15)26-19(24-18)22-14-23-26/h1-5,12,14,16H,6-11,13,21H2. The second-order valence-electron chi connectivity index (χ2n) is 7.61. The maximum Gasteiger partial charge on any atom is 0.254 e. The number of nitrogens with zero attached hydrogens (tertiary/aromatic N) is 5. The van der Waals surface area contributed by atoms with Crippen molar-refractivity contribution in [3.63, 3.8) is 0 Å². The highest BCUT2D eigenvalue weighted by atomic mass is 16.5. The normalized spacial score (nSPS) is 22.4. The first-order valence-electron chi connectivity index (χ1n) is 9.63. The number of aromatic nitrogens is 4. The molecular weight excluding hydrogens is 340 g/mol. The lowest BCUT2D eigenvalue weighted by Crippen LogP contribution is -2.52. The predicted octanol–water partition coefficient (Wildman–Crippen LogP) is 2.27. The van der Waals surface area contributed by atoms with E-state index < -0.39 is 0 Å². The lowest BCUT2D eigenvalue weighted by Gasteiger charge is -2.45. The van der Waals surface area contributed by atoms with Gasteiger partial charge >= 0.3 is 0 Å². The highest BCUT2D eigenvalue weighted by Crippen LogP contribution is 2.36. The van der Waals surface area contributed by atoms with E-state index in [4.69, 9.17) is 15.5 Å². The number of nitrogens with two attached hydrogens (primary N) is 1. The van der Waals surface area contributed by atoms with Crippen LogP contribution in [0.2, 0.25) is 0 Å². The Morgan fingerprint density at radius 1 is 1.15 bits per heavy atom. The van der Waals surface area contributed by atoms with E-state index in [0.717, 1.165) is 62.5 Å². The molecule has 2 saturated heterocycles. The van der Waals surface area contributed by atoms with Gasteiger partial charge in [-0.2, -0.15) is 19.6 Å². The zero-order chi connectivity index (χ0) is 18.3. The van der Waals surface area contributed by atoms with Crippen molar-refractivity contribution in [3.8, 4) is 11.3 Å². The van der Waals surface area contributed by atoms with Gasteiger partial charge in [-0.3, -0.25) is 0 Å². The van der Waals surface area contributed by atoms with Crippen LogP contribution in [-0.2, 0) is 4.74 Å². The summed E-state index contributed by atoms with van der Waals surface area (Å²) >= 11 is 0. The Kier molecular flexibility index (Phi) is 4.06. The zero-order valence-electron chi connectivity index (χ0n) is 15.3. The Labute approximate surface area is 158 Å². The molecular formula is C20H24N6O. The van der Waals surface area contributed by atoms with E-state index in [1.807, 2.05) is 18.2 Å². The molecule has 1 unspecified atom stereocenters. The number of hydrogen-bond donors (Lipinski definition) is 1. The Morgan fingerprint density at radius 2 is 1.96 bits per heavy atom. The summed E-state index contributed by atoms with van der Waals surface area (Å²) in [5, 5.41) is 4.35. The quantitative estimate of drug-likeness (QED) is 0.751. The second-order valence-corrected chi connectivity index (χ2v) is 7.61. The molecule has 27 heavy (non-hydrogen) atoms. The van der Waals surface area contributed by atoms with Crippen LogP contribution in [0.5, 0.6) is 0 Å². The molecule has 0 radical (unpaired) electrons. The van der Waals surface area contributed by atoms with E-state index in [2.05, 4.69) is 33.2 Å². The molecule has 2 N–H and O–H groups in total. The van der Waals surface area contributed by atoms with Crippen molar-refractivity contribution in [1.29, 1.82) is 0 Å². The molecule has 2 aromatic heterocycles. The number of ether oxygens (including phenoxy) is 1. The molecule has 2 fully saturated rings. The monoisotopic (exact) mass is 364 g/mol. The largest absolute Gasteiger partial charge is 0.375 e. The minimum atomic E-state index is -0.0462. The molecule has 0 aliphatic carbocycles. The van der Waals surface area contributed by atoms with Crippen LogP contribution in [0.15, 0.2) is 42.7 Å². The summed E-state index contributed by atoms with van der Waals surface area (Å²) in [5.74, 6) is 1.58. The fraction of sp³-hybridized carbons (Fsp3) is 0.450. The zero-order valence-corrected chi connectivity index (χ0v) is 15.3. The number of benzene rings is 1. The van der Waals surface area contributed by atoms with Gasteiger partial charge in [0.1, 0.15) is 12.1 Å². The summed E-state index contributed by atoms with van der Waals surface area (Å²) in [6.07, 6.45) is 5.46. The van der Waals surface area contributed by atoms with E-state index in [1.165, 1.54) is 0 Å². The van der Waals surface area contributed by atoms with Gasteiger partial charge in [-0.25, -0.2) is 0 Å². The highest BCUT2D eigenvalue weighted by molar-refractivity contribution is 5.66. The summed E-state index contributed by atoms with van der Waals surface area (Å²) in [6.45, 7) is 2.61. The van der Waals surface area contributed by atoms with E-state index in [0.29, 0.717) is 5.78 Å². The van der Waals surface area contributed by atoms with Gasteiger partial charge in [0.15, 0.2) is 0 Å². The minimum absolute atomic E-state index is 0.0462. The van der Waals surface area contributed by atoms with Gasteiger partial charge in [0.2, 0.25) is 0 Å². The van der Waals surface area contributed by atoms with Crippen molar-refractivity contribution in [2.24, 2.45) is 5.73 Å². The topological polar surface area (TPSA) is 81.6 Å². The number of fused-ring (bicyclic) bond motifs is 1. The molecule has 1 atom stereocenters. The predicted molar refractivity (Wildman–Crippen MR) is 104 cm³/mol. The van der Waals surface area contributed by atoms with Crippen molar-refractivity contribution in [3.05, 3.63) is 42.7 Å². The van der Waals surface area contributed by atoms with E-state index in [9.17, 15) is 0 Å². The molecule has 1 spiro atoms. The van der Waals surface area contributed by atoms with Crippen molar-refractivity contribution in [1.82, 2.24) is 19.6 Å². The van der Waals surface area contributed by atoms with Crippen LogP contribution in [0, 0.1) is 0 Å². The molecule has 2 aliphatic heterocycles. The lowest BCUT2D eigenvalue weighted by atomic mass is 9.82. The molecule has 140 valence electrons. The molecule has 4 heterocycles. The summed E-state index contributed by atoms with van der Waals surface area (Å²) in [7, 11) is 0. The van der Waals surface area contributed by atoms with Crippen molar-refractivity contribution < 1.29 is 4.74 Å². The van der Waals surface area contributed by atoms with Gasteiger partial charge in [-0.1, -0.05) is 30.3 Å². The third-order valence-corrected chi connectivity index (χ3v) is 5.84. The maximum absolute atomic E-state index is 6.20. The van der Waals surface area contributed by atoms with Crippen molar-refractivity contribution in [2.75, 3.05) is 24.6 Å². The van der Waals surface area contributed by atoms with Crippen LogP contribution in [0.1, 0.15) is 25.7 Å². The average molecular weight is 364 g/mol. The average Bonchev–Trinajstić information content (AvgIpc) is 3.17. The van der Waals surface area contributed by atoms with Crippen molar-refractivity contribution >= 4 is 11.6 Å². The first-order valence-corrected chi connectivity index (χ1v) is 9.63. The van der Waals surface area contributed by atoms with Crippen LogP contribution < -0.4 is 10.6 Å². The first kappa shape index (κ1) is 16.6.